The lowest BCUT2D eigenvalue weighted by Crippen LogP contribution is -2.33. The summed E-state index contributed by atoms with van der Waals surface area (Å²) in [4.78, 5) is 21.6. The number of nitrogens with zero attached hydrogens (tertiary/aromatic N) is 1. The van der Waals surface area contributed by atoms with Gasteiger partial charge in [0.05, 0.1) is 12.8 Å². The van der Waals surface area contributed by atoms with E-state index in [9.17, 15) is 9.59 Å². The Morgan fingerprint density at radius 2 is 2.12 bits per heavy atom. The molecule has 0 radical (unpaired) electrons. The van der Waals surface area contributed by atoms with E-state index in [0.717, 1.165) is 9.87 Å². The van der Waals surface area contributed by atoms with E-state index < -0.39 is 12.0 Å². The van der Waals surface area contributed by atoms with Crippen molar-refractivity contribution in [2.24, 2.45) is 5.73 Å². The van der Waals surface area contributed by atoms with Gasteiger partial charge in [0.15, 0.2) is 0 Å². The Bertz CT molecular complexity index is 394. The van der Waals surface area contributed by atoms with Crippen molar-refractivity contribution in [2.75, 3.05) is 11.4 Å². The van der Waals surface area contributed by atoms with E-state index in [1.807, 2.05) is 0 Å². The summed E-state index contributed by atoms with van der Waals surface area (Å²) in [5.41, 5.74) is 7.17. The van der Waals surface area contributed by atoms with Crippen molar-refractivity contribution in [3.05, 3.63) is 29.8 Å². The molecule has 1 aromatic rings. The van der Waals surface area contributed by atoms with Crippen molar-refractivity contribution in [1.29, 1.82) is 0 Å². The Kier molecular flexibility index (Phi) is 4.99. The molecule has 0 aliphatic carbocycles. The minimum absolute atomic E-state index is 0.389. The molecule has 92 valence electrons. The zero-order chi connectivity index (χ0) is 12.8. The number of amides is 1. The highest BCUT2D eigenvalue weighted by Gasteiger charge is 2.14. The molecule has 0 aromatic heterocycles. The molecule has 0 aliphatic heterocycles. The fraction of sp³-hybridized carbons (Fsp3) is 0.273. The molecule has 0 unspecified atom stereocenters. The Morgan fingerprint density at radius 3 is 2.59 bits per heavy atom. The molecular weight excluding hydrogens is 240 g/mol. The van der Waals surface area contributed by atoms with Gasteiger partial charge in [0.25, 0.3) is 0 Å². The van der Waals surface area contributed by atoms with Crippen LogP contribution < -0.4 is 10.0 Å². The quantitative estimate of drug-likeness (QED) is 0.457. The van der Waals surface area contributed by atoms with Gasteiger partial charge in [0, 0.05) is 0 Å². The molecule has 0 aliphatic rings. The lowest BCUT2D eigenvalue weighted by molar-refractivity contribution is -0.142. The van der Waals surface area contributed by atoms with Crippen LogP contribution in [0.25, 0.3) is 0 Å². The average molecular weight is 254 g/mol. The minimum Gasteiger partial charge on any atom is -0.468 e. The second-order valence-electron chi connectivity index (χ2n) is 3.45. The number of ether oxygens (including phenoxy) is 1. The summed E-state index contributed by atoms with van der Waals surface area (Å²) in [5, 5.41) is 0. The van der Waals surface area contributed by atoms with E-state index in [1.165, 1.54) is 7.11 Å². The highest BCUT2D eigenvalue weighted by atomic mass is 32.1. The molecule has 5 nitrogen and oxygen atoms in total. The van der Waals surface area contributed by atoms with Crippen LogP contribution in [0.4, 0.5) is 5.69 Å². The molecule has 0 fully saturated rings. The molecule has 0 spiro atoms. The third-order valence-electron chi connectivity index (χ3n) is 2.26. The molecule has 0 bridgehead atoms. The molecule has 1 atom stereocenters. The maximum absolute atomic E-state index is 11.1. The van der Waals surface area contributed by atoms with E-state index in [0.29, 0.717) is 18.5 Å². The van der Waals surface area contributed by atoms with Gasteiger partial charge < -0.3 is 10.5 Å². The number of carbonyl (C=O) groups excluding carboxylic acids is 2. The van der Waals surface area contributed by atoms with E-state index in [-0.39, 0.29) is 0 Å². The lowest BCUT2D eigenvalue weighted by Gasteiger charge is -2.11. The molecule has 6 heteroatoms. The molecule has 1 rings (SSSR count). The van der Waals surface area contributed by atoms with Crippen LogP contribution in [-0.2, 0) is 20.7 Å². The number of hydrogen-bond acceptors (Lipinski definition) is 5. The predicted octanol–water partition coefficient (Wildman–Crippen LogP) is 0.537. The number of thiol groups is 1. The van der Waals surface area contributed by atoms with E-state index in [4.69, 9.17) is 5.73 Å². The summed E-state index contributed by atoms with van der Waals surface area (Å²) in [6, 6.07) is 6.33. The fourth-order valence-corrected chi connectivity index (χ4v) is 1.47. The SMILES string of the molecule is COC(=O)[C@@H](N)Cc1ccc(N(S)C=O)cc1. The second-order valence-corrected chi connectivity index (χ2v) is 3.88. The normalized spacial score (nSPS) is 11.7. The van der Waals surface area contributed by atoms with Crippen molar-refractivity contribution in [1.82, 2.24) is 0 Å². The van der Waals surface area contributed by atoms with Gasteiger partial charge in [-0.2, -0.15) is 0 Å². The Balaban J connectivity index is 2.68. The number of esters is 1. The Hall–Kier alpha value is -1.53. The van der Waals surface area contributed by atoms with E-state index in [2.05, 4.69) is 17.6 Å². The van der Waals surface area contributed by atoms with Crippen molar-refractivity contribution in [3.63, 3.8) is 0 Å². The number of benzene rings is 1. The first-order valence-corrected chi connectivity index (χ1v) is 5.34. The van der Waals surface area contributed by atoms with Crippen molar-refractivity contribution in [3.8, 4) is 0 Å². The number of anilines is 1. The van der Waals surface area contributed by atoms with Gasteiger partial charge in [-0.1, -0.05) is 24.9 Å². The predicted molar refractivity (Wildman–Crippen MR) is 67.7 cm³/mol. The third-order valence-corrected chi connectivity index (χ3v) is 2.59. The highest BCUT2D eigenvalue weighted by Crippen LogP contribution is 2.16. The van der Waals surface area contributed by atoms with Crippen LogP contribution >= 0.6 is 12.8 Å². The molecule has 0 saturated carbocycles. The van der Waals surface area contributed by atoms with Gasteiger partial charge in [0.2, 0.25) is 6.41 Å². The number of rotatable bonds is 5. The summed E-state index contributed by atoms with van der Waals surface area (Å²) >= 11 is 3.94. The molecule has 0 saturated heterocycles. The maximum Gasteiger partial charge on any atom is 0.322 e. The summed E-state index contributed by atoms with van der Waals surface area (Å²) in [5.74, 6) is -0.446. The van der Waals surface area contributed by atoms with Crippen LogP contribution in [0, 0.1) is 0 Å². The lowest BCUT2D eigenvalue weighted by atomic mass is 10.1. The molecule has 1 amide bonds. The van der Waals surface area contributed by atoms with E-state index >= 15 is 0 Å². The monoisotopic (exact) mass is 254 g/mol. The molecule has 0 heterocycles. The number of nitrogens with two attached hydrogens (primary N) is 1. The van der Waals surface area contributed by atoms with Crippen LogP contribution in [0.2, 0.25) is 0 Å². The number of methoxy groups -OCH3 is 1. The maximum atomic E-state index is 11.1. The first-order valence-electron chi connectivity index (χ1n) is 4.94. The Labute approximate surface area is 105 Å². The fourth-order valence-electron chi connectivity index (χ4n) is 1.33. The summed E-state index contributed by atoms with van der Waals surface area (Å²) < 4.78 is 5.69. The van der Waals surface area contributed by atoms with Gasteiger partial charge in [0.1, 0.15) is 6.04 Å². The van der Waals surface area contributed by atoms with Gasteiger partial charge >= 0.3 is 5.97 Å². The van der Waals surface area contributed by atoms with Crippen molar-refractivity contribution in [2.45, 2.75) is 12.5 Å². The summed E-state index contributed by atoms with van der Waals surface area (Å²) in [6.07, 6.45) is 0.985. The first-order chi connectivity index (χ1) is 8.08. The second kappa shape index (κ2) is 6.27. The zero-order valence-electron chi connectivity index (χ0n) is 9.37. The van der Waals surface area contributed by atoms with E-state index in [1.54, 1.807) is 24.3 Å². The van der Waals surface area contributed by atoms with Gasteiger partial charge in [-0.25, -0.2) is 0 Å². The minimum atomic E-state index is -0.677. The molecular formula is C11H14N2O3S. The van der Waals surface area contributed by atoms with Crippen molar-refractivity contribution < 1.29 is 14.3 Å². The van der Waals surface area contributed by atoms with Crippen LogP contribution in [0.3, 0.4) is 0 Å². The van der Waals surface area contributed by atoms with Crippen LogP contribution in [0.5, 0.6) is 0 Å². The topological polar surface area (TPSA) is 72.6 Å². The van der Waals surface area contributed by atoms with Gasteiger partial charge in [-0.3, -0.25) is 13.9 Å². The first kappa shape index (κ1) is 13.5. The van der Waals surface area contributed by atoms with Crippen LogP contribution in [0.15, 0.2) is 24.3 Å². The number of hydrogen-bond donors (Lipinski definition) is 2. The largest absolute Gasteiger partial charge is 0.468 e. The number of carbonyl (C=O) groups is 2. The standard InChI is InChI=1S/C11H14N2O3S/c1-16-11(15)10(12)6-8-2-4-9(5-3-8)13(17)7-14/h2-5,7,10,17H,6,12H2,1H3/t10-/m0/s1. The zero-order valence-corrected chi connectivity index (χ0v) is 10.3. The third kappa shape index (κ3) is 3.76. The molecule has 1 aromatic carbocycles. The summed E-state index contributed by atoms with van der Waals surface area (Å²) in [6.45, 7) is 0. The highest BCUT2D eigenvalue weighted by molar-refractivity contribution is 7.82. The summed E-state index contributed by atoms with van der Waals surface area (Å²) in [7, 11) is 1.30. The van der Waals surface area contributed by atoms with Crippen molar-refractivity contribution >= 4 is 30.9 Å². The molecule has 17 heavy (non-hydrogen) atoms. The average Bonchev–Trinajstić information content (AvgIpc) is 2.37. The smallest absolute Gasteiger partial charge is 0.322 e. The molecule has 2 N–H and O–H groups in total. The Morgan fingerprint density at radius 1 is 1.53 bits per heavy atom. The van der Waals surface area contributed by atoms with Crippen LogP contribution in [0.1, 0.15) is 5.56 Å². The van der Waals surface area contributed by atoms with Gasteiger partial charge in [-0.15, -0.1) is 0 Å². The van der Waals surface area contributed by atoms with Crippen LogP contribution in [-0.4, -0.2) is 25.5 Å². The van der Waals surface area contributed by atoms with Gasteiger partial charge in [-0.05, 0) is 24.1 Å².